The number of rotatable bonds is 5. The largest absolute Gasteiger partial charge is 0.405 e. The summed E-state index contributed by atoms with van der Waals surface area (Å²) in [6, 6.07) is -0.564. The van der Waals surface area contributed by atoms with E-state index in [2.05, 4.69) is 0 Å². The van der Waals surface area contributed by atoms with Gasteiger partial charge in [0, 0.05) is 18.6 Å². The van der Waals surface area contributed by atoms with Gasteiger partial charge in [0.25, 0.3) is 0 Å². The molecule has 1 aromatic rings. The molecule has 1 aliphatic carbocycles. The Bertz CT molecular complexity index is 371. The van der Waals surface area contributed by atoms with Gasteiger partial charge in [0.2, 0.25) is 0 Å². The van der Waals surface area contributed by atoms with Crippen LogP contribution in [0.2, 0.25) is 0 Å². The molecule has 1 saturated carbocycles. The highest BCUT2D eigenvalue weighted by atomic mass is 32.1. The van der Waals surface area contributed by atoms with E-state index < -0.39 is 18.3 Å². The maximum Gasteiger partial charge on any atom is 0.405 e. The first-order chi connectivity index (χ1) is 8.39. The lowest BCUT2D eigenvalue weighted by molar-refractivity contribution is -0.191. The monoisotopic (exact) mass is 278 g/mol. The molecule has 6 heteroatoms. The van der Waals surface area contributed by atoms with Gasteiger partial charge in [-0.2, -0.15) is 24.5 Å². The minimum absolute atomic E-state index is 0.0301. The summed E-state index contributed by atoms with van der Waals surface area (Å²) in [5.74, 6) is 0. The molecule has 2 unspecified atom stereocenters. The Balaban J connectivity index is 2.17. The highest BCUT2D eigenvalue weighted by Crippen LogP contribution is 2.37. The topological polar surface area (TPSA) is 29.3 Å². The average molecular weight is 278 g/mol. The molecule has 1 heterocycles. The van der Waals surface area contributed by atoms with Crippen molar-refractivity contribution in [1.29, 1.82) is 0 Å². The predicted octanol–water partition coefficient (Wildman–Crippen LogP) is 2.99. The second-order valence-corrected chi connectivity index (χ2v) is 5.66. The summed E-state index contributed by atoms with van der Waals surface area (Å²) >= 11 is 1.50. The van der Waals surface area contributed by atoms with E-state index in [9.17, 15) is 13.2 Å². The Labute approximate surface area is 109 Å². The van der Waals surface area contributed by atoms with Crippen molar-refractivity contribution < 1.29 is 13.2 Å². The van der Waals surface area contributed by atoms with Crippen molar-refractivity contribution in [3.63, 3.8) is 0 Å². The van der Waals surface area contributed by atoms with Crippen LogP contribution in [0.25, 0.3) is 0 Å². The molecule has 0 aliphatic heterocycles. The number of hydrogen-bond donors (Lipinski definition) is 1. The minimum atomic E-state index is -4.27. The summed E-state index contributed by atoms with van der Waals surface area (Å²) in [7, 11) is 0. The second-order valence-electron chi connectivity index (χ2n) is 4.88. The summed E-state index contributed by atoms with van der Waals surface area (Å²) in [6.45, 7) is 1.76. The zero-order valence-electron chi connectivity index (χ0n) is 10.2. The molecule has 18 heavy (non-hydrogen) atoms. The molecule has 0 radical (unpaired) electrons. The number of nitrogens with two attached hydrogens (primary N) is 1. The highest BCUT2D eigenvalue weighted by Gasteiger charge is 2.49. The quantitative estimate of drug-likeness (QED) is 0.897. The van der Waals surface area contributed by atoms with Crippen LogP contribution in [-0.2, 0) is 6.54 Å². The first-order valence-corrected chi connectivity index (χ1v) is 6.93. The zero-order valence-corrected chi connectivity index (χ0v) is 11.0. The Hall–Kier alpha value is -0.590. The maximum absolute atomic E-state index is 13.1. The van der Waals surface area contributed by atoms with Crippen LogP contribution in [0.4, 0.5) is 13.2 Å². The second kappa shape index (κ2) is 5.19. The molecular formula is C12H17F3N2S. The van der Waals surface area contributed by atoms with Crippen molar-refractivity contribution in [3.8, 4) is 0 Å². The number of alkyl halides is 3. The summed E-state index contributed by atoms with van der Waals surface area (Å²) in [6.07, 6.45) is -2.60. The van der Waals surface area contributed by atoms with Gasteiger partial charge >= 0.3 is 6.18 Å². The zero-order chi connectivity index (χ0) is 13.3. The van der Waals surface area contributed by atoms with Crippen molar-refractivity contribution in [2.75, 3.05) is 0 Å². The minimum Gasteiger partial charge on any atom is -0.326 e. The molecule has 0 spiro atoms. The molecule has 0 amide bonds. The van der Waals surface area contributed by atoms with Crippen LogP contribution in [0.5, 0.6) is 0 Å². The molecule has 2 atom stereocenters. The van der Waals surface area contributed by atoms with E-state index in [4.69, 9.17) is 5.73 Å². The van der Waals surface area contributed by atoms with E-state index in [-0.39, 0.29) is 6.04 Å². The molecule has 1 aliphatic rings. The highest BCUT2D eigenvalue weighted by molar-refractivity contribution is 7.07. The molecule has 0 saturated heterocycles. The molecule has 1 fully saturated rings. The van der Waals surface area contributed by atoms with Crippen molar-refractivity contribution in [2.24, 2.45) is 5.73 Å². The van der Waals surface area contributed by atoms with Crippen molar-refractivity contribution in [2.45, 2.75) is 50.6 Å². The fourth-order valence-corrected chi connectivity index (χ4v) is 2.90. The average Bonchev–Trinajstić information content (AvgIpc) is 2.94. The van der Waals surface area contributed by atoms with E-state index >= 15 is 0 Å². The lowest BCUT2D eigenvalue weighted by atomic mass is 10.1. The van der Waals surface area contributed by atoms with Gasteiger partial charge in [-0.05, 0) is 42.2 Å². The van der Waals surface area contributed by atoms with Gasteiger partial charge < -0.3 is 5.73 Å². The fourth-order valence-electron chi connectivity index (χ4n) is 2.24. The van der Waals surface area contributed by atoms with Gasteiger partial charge in [0.15, 0.2) is 0 Å². The van der Waals surface area contributed by atoms with E-state index in [1.807, 2.05) is 16.8 Å². The Morgan fingerprint density at radius 2 is 2.17 bits per heavy atom. The van der Waals surface area contributed by atoms with Crippen LogP contribution in [0, 0.1) is 0 Å². The van der Waals surface area contributed by atoms with E-state index in [1.165, 1.54) is 23.2 Å². The standard InChI is InChI=1S/C12H17F3N2S/c1-8(16)11(12(13,14)15)17(10-2-3-10)6-9-4-5-18-7-9/h4-5,7-8,10-11H,2-3,6,16H2,1H3. The van der Waals surface area contributed by atoms with Crippen LogP contribution in [0.3, 0.4) is 0 Å². The van der Waals surface area contributed by atoms with E-state index in [0.29, 0.717) is 6.54 Å². The van der Waals surface area contributed by atoms with Gasteiger partial charge in [0.1, 0.15) is 6.04 Å². The SMILES string of the molecule is CC(N)C(N(Cc1ccsc1)C1CC1)C(F)(F)F. The third-order valence-electron chi connectivity index (χ3n) is 3.15. The summed E-state index contributed by atoms with van der Waals surface area (Å²) in [4.78, 5) is 1.52. The molecule has 2 nitrogen and oxygen atoms in total. The lowest BCUT2D eigenvalue weighted by Crippen LogP contribution is -2.55. The predicted molar refractivity (Wildman–Crippen MR) is 66.4 cm³/mol. The van der Waals surface area contributed by atoms with Gasteiger partial charge in [-0.3, -0.25) is 4.90 Å². The van der Waals surface area contributed by atoms with Crippen LogP contribution < -0.4 is 5.73 Å². The third-order valence-corrected chi connectivity index (χ3v) is 3.88. The van der Waals surface area contributed by atoms with E-state index in [0.717, 1.165) is 18.4 Å². The molecular weight excluding hydrogens is 261 g/mol. The molecule has 0 aromatic carbocycles. The van der Waals surface area contributed by atoms with Crippen LogP contribution in [-0.4, -0.2) is 29.2 Å². The summed E-state index contributed by atoms with van der Waals surface area (Å²) in [5, 5.41) is 3.78. The Kier molecular flexibility index (Phi) is 3.99. The number of nitrogens with zero attached hydrogens (tertiary/aromatic N) is 1. The van der Waals surface area contributed by atoms with Crippen molar-refractivity contribution in [1.82, 2.24) is 4.90 Å². The van der Waals surface area contributed by atoms with Crippen LogP contribution in [0.15, 0.2) is 16.8 Å². The first-order valence-electron chi connectivity index (χ1n) is 5.98. The fraction of sp³-hybridized carbons (Fsp3) is 0.667. The van der Waals surface area contributed by atoms with Gasteiger partial charge in [-0.25, -0.2) is 0 Å². The smallest absolute Gasteiger partial charge is 0.326 e. The molecule has 1 aromatic heterocycles. The van der Waals surface area contributed by atoms with Crippen LogP contribution in [0.1, 0.15) is 25.3 Å². The number of thiophene rings is 1. The number of hydrogen-bond acceptors (Lipinski definition) is 3. The number of halogens is 3. The molecule has 102 valence electrons. The Morgan fingerprint density at radius 3 is 2.56 bits per heavy atom. The first kappa shape index (κ1) is 13.8. The normalized spacial score (nSPS) is 20.1. The van der Waals surface area contributed by atoms with Crippen LogP contribution >= 0.6 is 11.3 Å². The van der Waals surface area contributed by atoms with E-state index in [1.54, 1.807) is 0 Å². The van der Waals surface area contributed by atoms with Crippen molar-refractivity contribution in [3.05, 3.63) is 22.4 Å². The van der Waals surface area contributed by atoms with Gasteiger partial charge in [-0.15, -0.1) is 0 Å². The lowest BCUT2D eigenvalue weighted by Gasteiger charge is -2.35. The molecule has 0 bridgehead atoms. The summed E-state index contributed by atoms with van der Waals surface area (Å²) in [5.41, 5.74) is 6.49. The Morgan fingerprint density at radius 1 is 1.50 bits per heavy atom. The third kappa shape index (κ3) is 3.24. The molecule has 2 N–H and O–H groups in total. The van der Waals surface area contributed by atoms with Gasteiger partial charge in [0.05, 0.1) is 0 Å². The maximum atomic E-state index is 13.1. The van der Waals surface area contributed by atoms with Crippen molar-refractivity contribution >= 4 is 11.3 Å². The summed E-state index contributed by atoms with van der Waals surface area (Å²) < 4.78 is 39.4. The molecule has 2 rings (SSSR count). The van der Waals surface area contributed by atoms with Gasteiger partial charge in [-0.1, -0.05) is 0 Å².